The summed E-state index contributed by atoms with van der Waals surface area (Å²) in [5.41, 5.74) is 0. The molecule has 1 aromatic rings. The number of amides is 1. The molecule has 0 unspecified atom stereocenters. The summed E-state index contributed by atoms with van der Waals surface area (Å²) in [7, 11) is 0. The van der Waals surface area contributed by atoms with Gasteiger partial charge in [0.15, 0.2) is 0 Å². The van der Waals surface area contributed by atoms with Gasteiger partial charge in [0, 0.05) is 12.0 Å². The molecule has 0 fully saturated rings. The molecular weight excluding hydrogens is 338 g/mol. The Hall–Kier alpha value is -0.490. The van der Waals surface area contributed by atoms with Crippen LogP contribution in [0.2, 0.25) is 0 Å². The molecular formula is C10H8N2Na2O7S. The Morgan fingerprint density at radius 1 is 1.23 bits per heavy atom. The third-order valence-electron chi connectivity index (χ3n) is 2.22. The molecule has 0 bridgehead atoms. The molecule has 22 heavy (non-hydrogen) atoms. The zero-order chi connectivity index (χ0) is 15.3. The van der Waals surface area contributed by atoms with Crippen LogP contribution in [-0.4, -0.2) is 28.8 Å². The summed E-state index contributed by atoms with van der Waals surface area (Å²) in [5, 5.41) is 33.2. The van der Waals surface area contributed by atoms with Gasteiger partial charge in [0.2, 0.25) is 0 Å². The van der Waals surface area contributed by atoms with Gasteiger partial charge < -0.3 is 25.1 Å². The molecule has 1 rings (SSSR count). The Balaban J connectivity index is 0. The number of carbonyl (C=O) groups is 3. The Morgan fingerprint density at radius 3 is 2.23 bits per heavy atom. The van der Waals surface area contributed by atoms with E-state index in [0.717, 1.165) is 6.07 Å². The van der Waals surface area contributed by atoms with Crippen molar-refractivity contribution in [3.8, 4) is 0 Å². The standard InChI is InChI=1S/C10H10N2O7S.2Na/c13-8(14)4-1-5(10(16)17)11-9(15)6-2-3-7(20-6)12(18)19;;/h2-3,5H,1,4H2,(H,11,15)(H,13,14)(H,16,17);;/q;2*+1/p-2/t5-;;/m0../s1. The minimum Gasteiger partial charge on any atom is -0.550 e. The minimum atomic E-state index is -1.65. The van der Waals surface area contributed by atoms with Crippen molar-refractivity contribution >= 4 is 34.2 Å². The van der Waals surface area contributed by atoms with Gasteiger partial charge in [0.25, 0.3) is 5.91 Å². The minimum absolute atomic E-state index is 0. The molecule has 0 aliphatic carbocycles. The van der Waals surface area contributed by atoms with Gasteiger partial charge in [-0.25, -0.2) is 0 Å². The molecule has 0 aliphatic rings. The zero-order valence-electron chi connectivity index (χ0n) is 11.9. The fourth-order valence-corrected chi connectivity index (χ4v) is 2.01. The second-order valence-electron chi connectivity index (χ2n) is 3.65. The summed E-state index contributed by atoms with van der Waals surface area (Å²) in [6.07, 6.45) is -0.965. The van der Waals surface area contributed by atoms with Crippen LogP contribution in [0.5, 0.6) is 0 Å². The monoisotopic (exact) mass is 346 g/mol. The molecule has 1 N–H and O–H groups in total. The Labute approximate surface area is 172 Å². The average molecular weight is 346 g/mol. The van der Waals surface area contributed by atoms with Crippen LogP contribution < -0.4 is 74.6 Å². The number of thiophene rings is 1. The molecule has 0 aliphatic heterocycles. The largest absolute Gasteiger partial charge is 1.00 e. The third-order valence-corrected chi connectivity index (χ3v) is 3.26. The first-order valence-corrected chi connectivity index (χ1v) is 6.08. The van der Waals surface area contributed by atoms with Crippen molar-refractivity contribution in [1.29, 1.82) is 0 Å². The second kappa shape index (κ2) is 11.1. The van der Waals surface area contributed by atoms with Crippen molar-refractivity contribution in [3.63, 3.8) is 0 Å². The summed E-state index contributed by atoms with van der Waals surface area (Å²) >= 11 is 0.574. The van der Waals surface area contributed by atoms with Crippen LogP contribution in [0.3, 0.4) is 0 Å². The van der Waals surface area contributed by atoms with Gasteiger partial charge in [-0.15, -0.1) is 0 Å². The molecule has 0 saturated heterocycles. The number of nitro groups is 1. The van der Waals surface area contributed by atoms with E-state index in [1.165, 1.54) is 6.07 Å². The van der Waals surface area contributed by atoms with Gasteiger partial charge in [-0.1, -0.05) is 11.3 Å². The summed E-state index contributed by atoms with van der Waals surface area (Å²) < 4.78 is 0. The number of carbonyl (C=O) groups excluding carboxylic acids is 3. The first-order chi connectivity index (χ1) is 9.31. The first kappa shape index (κ1) is 23.8. The molecule has 0 saturated carbocycles. The van der Waals surface area contributed by atoms with Crippen molar-refractivity contribution in [2.45, 2.75) is 18.9 Å². The Morgan fingerprint density at radius 2 is 1.82 bits per heavy atom. The smallest absolute Gasteiger partial charge is 0.550 e. The number of hydrogen-bond donors (Lipinski definition) is 1. The van der Waals surface area contributed by atoms with E-state index in [1.54, 1.807) is 0 Å². The van der Waals surface area contributed by atoms with Crippen LogP contribution in [0.1, 0.15) is 22.5 Å². The van der Waals surface area contributed by atoms with E-state index in [-0.39, 0.29) is 69.0 Å². The number of carboxylic acid groups (broad SMARTS) is 2. The average Bonchev–Trinajstić information content (AvgIpc) is 2.83. The molecule has 0 aromatic carbocycles. The fraction of sp³-hybridized carbons (Fsp3) is 0.300. The summed E-state index contributed by atoms with van der Waals surface area (Å²) in [6, 6.07) is 0.763. The predicted molar refractivity (Wildman–Crippen MR) is 61.5 cm³/mol. The van der Waals surface area contributed by atoms with Crippen molar-refractivity contribution in [1.82, 2.24) is 5.32 Å². The number of nitrogens with one attached hydrogen (secondary N) is 1. The van der Waals surface area contributed by atoms with E-state index in [2.05, 4.69) is 0 Å². The van der Waals surface area contributed by atoms with E-state index >= 15 is 0 Å². The topological polar surface area (TPSA) is 152 Å². The van der Waals surface area contributed by atoms with E-state index in [9.17, 15) is 34.7 Å². The number of carboxylic acids is 2. The number of rotatable bonds is 7. The number of aliphatic carboxylic acids is 2. The maximum Gasteiger partial charge on any atom is 1.00 e. The number of hydrogen-bond acceptors (Lipinski definition) is 8. The van der Waals surface area contributed by atoms with Crippen molar-refractivity contribution in [2.75, 3.05) is 0 Å². The zero-order valence-corrected chi connectivity index (χ0v) is 16.7. The Kier molecular flexibility index (Phi) is 12.0. The normalized spacial score (nSPS) is 10.5. The quantitative estimate of drug-likeness (QED) is 0.292. The molecule has 0 spiro atoms. The molecule has 1 amide bonds. The van der Waals surface area contributed by atoms with E-state index in [1.807, 2.05) is 5.32 Å². The SMILES string of the molecule is O=C([O-])CC[C@H](NC(=O)c1ccc([N+](=O)[O-])s1)C(=O)[O-].[Na+].[Na+]. The first-order valence-electron chi connectivity index (χ1n) is 5.27. The van der Waals surface area contributed by atoms with Crippen LogP contribution in [0.15, 0.2) is 12.1 Å². The van der Waals surface area contributed by atoms with Crippen LogP contribution in [0.4, 0.5) is 5.00 Å². The molecule has 9 nitrogen and oxygen atoms in total. The Bertz CT molecular complexity index is 563. The second-order valence-corrected chi connectivity index (χ2v) is 4.71. The molecule has 108 valence electrons. The maximum atomic E-state index is 11.7. The van der Waals surface area contributed by atoms with Gasteiger partial charge in [-0.2, -0.15) is 0 Å². The van der Waals surface area contributed by atoms with Crippen molar-refractivity contribution in [3.05, 3.63) is 27.1 Å². The molecule has 1 aromatic heterocycles. The molecule has 12 heteroatoms. The summed E-state index contributed by atoms with van der Waals surface area (Å²) in [4.78, 5) is 42.4. The van der Waals surface area contributed by atoms with Crippen LogP contribution in [0, 0.1) is 10.1 Å². The fourth-order valence-electron chi connectivity index (χ4n) is 1.29. The van der Waals surface area contributed by atoms with E-state index < -0.39 is 41.7 Å². The van der Waals surface area contributed by atoms with Crippen LogP contribution in [0.25, 0.3) is 0 Å². The van der Waals surface area contributed by atoms with Crippen LogP contribution >= 0.6 is 11.3 Å². The van der Waals surface area contributed by atoms with Gasteiger partial charge in [0.05, 0.1) is 21.8 Å². The van der Waals surface area contributed by atoms with Gasteiger partial charge in [-0.3, -0.25) is 14.9 Å². The molecule has 1 atom stereocenters. The molecule has 1 heterocycles. The van der Waals surface area contributed by atoms with Gasteiger partial charge in [-0.05, 0) is 18.9 Å². The van der Waals surface area contributed by atoms with Gasteiger partial charge >= 0.3 is 64.1 Å². The van der Waals surface area contributed by atoms with E-state index in [4.69, 9.17) is 0 Å². The number of nitrogens with zero attached hydrogens (tertiary/aromatic N) is 1. The van der Waals surface area contributed by atoms with Crippen LogP contribution in [-0.2, 0) is 9.59 Å². The summed E-state index contributed by atoms with van der Waals surface area (Å²) in [5.74, 6) is -3.96. The maximum absolute atomic E-state index is 11.7. The predicted octanol–water partition coefficient (Wildman–Crippen LogP) is -7.96. The molecule has 0 radical (unpaired) electrons. The van der Waals surface area contributed by atoms with E-state index in [0.29, 0.717) is 11.3 Å². The van der Waals surface area contributed by atoms with Gasteiger partial charge in [0.1, 0.15) is 0 Å². The van der Waals surface area contributed by atoms with Crippen molar-refractivity contribution in [2.24, 2.45) is 0 Å². The summed E-state index contributed by atoms with van der Waals surface area (Å²) in [6.45, 7) is 0. The van der Waals surface area contributed by atoms with Crippen molar-refractivity contribution < 1.29 is 88.6 Å². The third kappa shape index (κ3) is 7.68.